The molecule has 4 N–H and O–H groups in total. The minimum atomic E-state index is -0.276. The maximum Gasteiger partial charge on any atom is 0.246 e. The molecule has 0 spiro atoms. The van der Waals surface area contributed by atoms with E-state index in [0.717, 1.165) is 63.4 Å². The summed E-state index contributed by atoms with van der Waals surface area (Å²) >= 11 is 0. The van der Waals surface area contributed by atoms with Crippen molar-refractivity contribution in [3.05, 3.63) is 119 Å². The fourth-order valence-electron chi connectivity index (χ4n) is 7.15. The Morgan fingerprint density at radius 3 is 2.51 bits per heavy atom. The highest BCUT2D eigenvalue weighted by atomic mass is 16.5. The van der Waals surface area contributed by atoms with Gasteiger partial charge in [-0.3, -0.25) is 19.9 Å². The average Bonchev–Trinajstić information content (AvgIpc) is 3.70. The summed E-state index contributed by atoms with van der Waals surface area (Å²) in [6.07, 6.45) is 2.94. The van der Waals surface area contributed by atoms with Crippen LogP contribution in [0.1, 0.15) is 62.4 Å². The van der Waals surface area contributed by atoms with Gasteiger partial charge in [0.05, 0.1) is 30.4 Å². The van der Waals surface area contributed by atoms with Crippen molar-refractivity contribution in [2.45, 2.75) is 78.6 Å². The maximum atomic E-state index is 13.2. The van der Waals surface area contributed by atoms with E-state index in [0.29, 0.717) is 43.5 Å². The van der Waals surface area contributed by atoms with E-state index >= 15 is 0 Å². The van der Waals surface area contributed by atoms with Crippen LogP contribution in [0.25, 0.3) is 22.2 Å². The third-order valence-electron chi connectivity index (χ3n) is 9.94. The van der Waals surface area contributed by atoms with E-state index < -0.39 is 0 Å². The second-order valence-electron chi connectivity index (χ2n) is 15.5. The number of amidine groups is 1. The first-order chi connectivity index (χ1) is 27.5. The lowest BCUT2D eigenvalue weighted by atomic mass is 9.94. The fraction of sp³-hybridized carbons (Fsp3) is 0.311. The molecule has 3 heterocycles. The molecule has 0 radical (unpaired) electrons. The van der Waals surface area contributed by atoms with Crippen LogP contribution in [-0.4, -0.2) is 45.0 Å². The summed E-state index contributed by atoms with van der Waals surface area (Å²) in [5.41, 5.74) is 8.21. The van der Waals surface area contributed by atoms with E-state index in [4.69, 9.17) is 19.2 Å². The normalized spacial score (nSPS) is 14.8. The summed E-state index contributed by atoms with van der Waals surface area (Å²) < 4.78 is 13.0. The van der Waals surface area contributed by atoms with Crippen LogP contribution >= 0.6 is 0 Å². The highest BCUT2D eigenvalue weighted by Gasteiger charge is 2.24. The van der Waals surface area contributed by atoms with E-state index in [1.54, 1.807) is 20.1 Å². The largest absolute Gasteiger partial charge is 0.496 e. The van der Waals surface area contributed by atoms with Gasteiger partial charge in [-0.2, -0.15) is 0 Å². The zero-order chi connectivity index (χ0) is 39.9. The monoisotopic (exact) mass is 766 g/mol. The molecule has 0 unspecified atom stereocenters. The Morgan fingerprint density at radius 1 is 0.965 bits per heavy atom. The van der Waals surface area contributed by atoms with Crippen LogP contribution in [0.4, 0.5) is 17.5 Å². The van der Waals surface area contributed by atoms with Gasteiger partial charge in [-0.25, -0.2) is 4.98 Å². The number of anilines is 3. The molecule has 6 aromatic rings. The molecule has 1 aliphatic rings. The summed E-state index contributed by atoms with van der Waals surface area (Å²) in [5, 5.41) is 16.8. The van der Waals surface area contributed by atoms with Crippen LogP contribution in [0.3, 0.4) is 0 Å². The van der Waals surface area contributed by atoms with Gasteiger partial charge in [-0.15, -0.1) is 0 Å². The van der Waals surface area contributed by atoms with Crippen molar-refractivity contribution < 1.29 is 18.8 Å². The summed E-state index contributed by atoms with van der Waals surface area (Å²) in [6, 6.07) is 32.3. The van der Waals surface area contributed by atoms with E-state index in [2.05, 4.69) is 56.8 Å². The van der Waals surface area contributed by atoms with Crippen molar-refractivity contribution in [3.8, 4) is 16.9 Å². The van der Waals surface area contributed by atoms with Gasteiger partial charge in [-0.1, -0.05) is 71.9 Å². The summed E-state index contributed by atoms with van der Waals surface area (Å²) in [4.78, 5) is 36.0. The topological polar surface area (TPSA) is 148 Å². The van der Waals surface area contributed by atoms with Gasteiger partial charge in [0.1, 0.15) is 18.1 Å². The SMILES string of the molecule is COc1cc(-c2ccc3c(c2)nc(NCc2ccccc2)n3CC(=O)Nc2cc(C)no2)ccc1CN=C1Nc2ccccc2CC[C@H]1CCC(=O)NC(C)(C)C. The molecule has 0 aliphatic carbocycles. The predicted molar refractivity (Wildman–Crippen MR) is 226 cm³/mol. The van der Waals surface area contributed by atoms with Crippen LogP contribution in [0, 0.1) is 12.8 Å². The van der Waals surface area contributed by atoms with Crippen LogP contribution < -0.4 is 26.0 Å². The van der Waals surface area contributed by atoms with Gasteiger partial charge in [0.15, 0.2) is 0 Å². The molecule has 4 aromatic carbocycles. The van der Waals surface area contributed by atoms with Crippen molar-refractivity contribution in [1.29, 1.82) is 0 Å². The number of para-hydroxylation sites is 1. The highest BCUT2D eigenvalue weighted by Crippen LogP contribution is 2.32. The molecule has 1 aliphatic heterocycles. The molecule has 0 bridgehead atoms. The zero-order valence-electron chi connectivity index (χ0n) is 33.2. The van der Waals surface area contributed by atoms with Crippen LogP contribution in [-0.2, 0) is 35.6 Å². The Kier molecular flexibility index (Phi) is 11.7. The van der Waals surface area contributed by atoms with Crippen molar-refractivity contribution in [2.75, 3.05) is 23.1 Å². The molecule has 57 heavy (non-hydrogen) atoms. The molecule has 12 nitrogen and oxygen atoms in total. The molecule has 2 amide bonds. The third kappa shape index (κ3) is 9.88. The summed E-state index contributed by atoms with van der Waals surface area (Å²) in [6.45, 7) is 8.77. The Bertz CT molecular complexity index is 2390. The number of rotatable bonds is 13. The van der Waals surface area contributed by atoms with Crippen LogP contribution in [0.15, 0.2) is 107 Å². The number of ether oxygens (including phenoxy) is 1. The number of fused-ring (bicyclic) bond motifs is 2. The van der Waals surface area contributed by atoms with Gasteiger partial charge < -0.3 is 29.8 Å². The molecule has 1 atom stereocenters. The van der Waals surface area contributed by atoms with Gasteiger partial charge in [0.2, 0.25) is 23.6 Å². The Hall–Kier alpha value is -6.43. The highest BCUT2D eigenvalue weighted by molar-refractivity contribution is 5.99. The van der Waals surface area contributed by atoms with Crippen molar-refractivity contribution in [3.63, 3.8) is 0 Å². The second-order valence-corrected chi connectivity index (χ2v) is 15.5. The van der Waals surface area contributed by atoms with E-state index in [9.17, 15) is 9.59 Å². The molecule has 7 rings (SSSR count). The number of aliphatic imine (C=N–C) groups is 1. The lowest BCUT2D eigenvalue weighted by Crippen LogP contribution is -2.40. The number of imidazole rings is 1. The molecular formula is C45H50N8O4. The number of nitrogens with one attached hydrogen (secondary N) is 4. The van der Waals surface area contributed by atoms with E-state index in [1.807, 2.05) is 86.0 Å². The Balaban J connectivity index is 1.13. The van der Waals surface area contributed by atoms with Gasteiger partial charge in [0.25, 0.3) is 0 Å². The van der Waals surface area contributed by atoms with Gasteiger partial charge in [0, 0.05) is 41.7 Å². The van der Waals surface area contributed by atoms with Crippen molar-refractivity contribution >= 4 is 46.2 Å². The smallest absolute Gasteiger partial charge is 0.246 e. The first-order valence-electron chi connectivity index (χ1n) is 19.4. The maximum absolute atomic E-state index is 13.2. The lowest BCUT2D eigenvalue weighted by molar-refractivity contribution is -0.122. The summed E-state index contributed by atoms with van der Waals surface area (Å²) in [7, 11) is 1.67. The predicted octanol–water partition coefficient (Wildman–Crippen LogP) is 8.53. The number of amides is 2. The Labute approximate surface area is 333 Å². The van der Waals surface area contributed by atoms with Gasteiger partial charge >= 0.3 is 0 Å². The number of aromatic nitrogens is 3. The lowest BCUT2D eigenvalue weighted by Gasteiger charge is -2.22. The molecule has 294 valence electrons. The number of methoxy groups -OCH3 is 1. The molecule has 0 fully saturated rings. The third-order valence-corrected chi connectivity index (χ3v) is 9.94. The first kappa shape index (κ1) is 38.8. The van der Waals surface area contributed by atoms with Crippen molar-refractivity contribution in [2.24, 2.45) is 10.9 Å². The minimum absolute atomic E-state index is 0.0170. The number of carbonyl (C=O) groups is 2. The number of nitrogens with zero attached hydrogens (tertiary/aromatic N) is 4. The average molecular weight is 767 g/mol. The minimum Gasteiger partial charge on any atom is -0.496 e. The van der Waals surface area contributed by atoms with Crippen LogP contribution in [0.2, 0.25) is 0 Å². The Morgan fingerprint density at radius 2 is 1.74 bits per heavy atom. The van der Waals surface area contributed by atoms with Crippen LogP contribution in [0.5, 0.6) is 5.75 Å². The molecule has 0 saturated heterocycles. The fourth-order valence-corrected chi connectivity index (χ4v) is 7.15. The van der Waals surface area contributed by atoms with E-state index in [1.165, 1.54) is 5.56 Å². The number of benzene rings is 4. The number of aryl methyl sites for hydroxylation is 2. The first-order valence-corrected chi connectivity index (χ1v) is 19.4. The number of hydrogen-bond acceptors (Lipinski definition) is 8. The van der Waals surface area contributed by atoms with E-state index in [-0.39, 0.29) is 29.8 Å². The standard InChI is InChI=1S/C45H50N8O4/c1-29-23-42(57-52-29)50-41(55)28-53-38-21-19-33(24-37(38)49-44(53)47-26-30-11-7-6-8-12-30)34-17-18-35(39(25-34)56-5)27-46-43-32(20-22-40(54)51-45(2,3)4)16-15-31-13-9-10-14-36(31)48-43/h6-14,17-19,21,23-25,32H,15-16,20,22,26-28H2,1-5H3,(H,46,48)(H,47,49)(H,50,55)(H,51,54)/t32-/m0/s1. The number of carbonyl (C=O) groups excluding carboxylic acids is 2. The molecule has 12 heteroatoms. The second kappa shape index (κ2) is 17.2. The molecule has 0 saturated carbocycles. The van der Waals surface area contributed by atoms with Gasteiger partial charge in [-0.05, 0) is 93.5 Å². The zero-order valence-corrected chi connectivity index (χ0v) is 33.2. The molecular weight excluding hydrogens is 717 g/mol. The van der Waals surface area contributed by atoms with Crippen molar-refractivity contribution in [1.82, 2.24) is 20.0 Å². The summed E-state index contributed by atoms with van der Waals surface area (Å²) in [5.74, 6) is 2.37. The quantitative estimate of drug-likeness (QED) is 0.0915. The number of hydrogen-bond donors (Lipinski definition) is 4. The molecule has 2 aromatic heterocycles.